The summed E-state index contributed by atoms with van der Waals surface area (Å²) in [5.41, 5.74) is 5.43. The number of fused-ring (bicyclic) bond motifs is 1. The van der Waals surface area contributed by atoms with Gasteiger partial charge < -0.3 is 9.55 Å². The van der Waals surface area contributed by atoms with E-state index < -0.39 is 0 Å². The zero-order chi connectivity index (χ0) is 14.6. The summed E-state index contributed by atoms with van der Waals surface area (Å²) in [6.45, 7) is 1.88. The van der Waals surface area contributed by atoms with Gasteiger partial charge >= 0.3 is 0 Å². The van der Waals surface area contributed by atoms with Gasteiger partial charge in [-0.2, -0.15) is 0 Å². The molecule has 2 aromatic heterocycles. The molecule has 0 saturated heterocycles. The third kappa shape index (κ3) is 2.00. The number of nitrogens with zero attached hydrogens (tertiary/aromatic N) is 1. The molecule has 2 heterocycles. The first-order chi connectivity index (χ1) is 10.1. The molecule has 3 heteroatoms. The molecule has 1 fully saturated rings. The van der Waals surface area contributed by atoms with Gasteiger partial charge in [0.2, 0.25) is 0 Å². The normalized spacial score (nSPS) is 14.8. The Balaban J connectivity index is 1.94. The van der Waals surface area contributed by atoms with Crippen molar-refractivity contribution in [3.05, 3.63) is 58.0 Å². The number of hydrogen-bond donors (Lipinski definition) is 1. The van der Waals surface area contributed by atoms with Crippen LogP contribution in [0.5, 0.6) is 0 Å². The summed E-state index contributed by atoms with van der Waals surface area (Å²) in [5, 5.41) is 1.21. The van der Waals surface area contributed by atoms with Crippen molar-refractivity contribution in [1.82, 2.24) is 9.55 Å². The van der Waals surface area contributed by atoms with E-state index in [1.54, 1.807) is 0 Å². The summed E-state index contributed by atoms with van der Waals surface area (Å²) >= 11 is 0. The molecule has 0 bridgehead atoms. The van der Waals surface area contributed by atoms with Crippen LogP contribution in [0.4, 0.5) is 0 Å². The van der Waals surface area contributed by atoms with E-state index in [-0.39, 0.29) is 5.56 Å². The minimum absolute atomic E-state index is 0.0163. The van der Waals surface area contributed by atoms with Crippen molar-refractivity contribution in [3.8, 4) is 11.3 Å². The van der Waals surface area contributed by atoms with E-state index in [4.69, 9.17) is 0 Å². The van der Waals surface area contributed by atoms with E-state index in [1.165, 1.54) is 29.3 Å². The molecule has 3 aromatic rings. The highest BCUT2D eigenvalue weighted by molar-refractivity contribution is 5.85. The average molecular weight is 278 g/mol. The van der Waals surface area contributed by atoms with Gasteiger partial charge in [-0.05, 0) is 61.1 Å². The van der Waals surface area contributed by atoms with Gasteiger partial charge in [-0.25, -0.2) is 0 Å². The van der Waals surface area contributed by atoms with Crippen LogP contribution < -0.4 is 5.56 Å². The predicted octanol–water partition coefficient (Wildman–Crippen LogP) is 3.72. The first kappa shape index (κ1) is 12.5. The maximum Gasteiger partial charge on any atom is 0.251 e. The summed E-state index contributed by atoms with van der Waals surface area (Å²) in [6, 6.07) is 10.6. The molecule has 21 heavy (non-hydrogen) atoms. The maximum absolute atomic E-state index is 12.0. The Morgan fingerprint density at radius 2 is 2.00 bits per heavy atom. The lowest BCUT2D eigenvalue weighted by atomic mass is 10.00. The van der Waals surface area contributed by atoms with Gasteiger partial charge in [0.05, 0.1) is 5.69 Å². The van der Waals surface area contributed by atoms with Crippen molar-refractivity contribution in [1.29, 1.82) is 0 Å². The highest BCUT2D eigenvalue weighted by atomic mass is 16.1. The third-order valence-electron chi connectivity index (χ3n) is 4.45. The number of pyridine rings is 1. The molecule has 1 saturated carbocycles. The molecular weight excluding hydrogens is 260 g/mol. The SMILES string of the molecule is Cc1cc(C2CC2)c(-c2ccc3c(ccn3C)c2)[nH]c1=O. The Kier molecular flexibility index (Phi) is 2.58. The lowest BCUT2D eigenvalue weighted by Gasteiger charge is -2.10. The Hall–Kier alpha value is -2.29. The topological polar surface area (TPSA) is 37.8 Å². The first-order valence-electron chi connectivity index (χ1n) is 7.43. The molecule has 0 amide bonds. The van der Waals surface area contributed by atoms with Crippen LogP contribution in [0.2, 0.25) is 0 Å². The molecule has 0 radical (unpaired) electrons. The molecule has 0 unspecified atom stereocenters. The van der Waals surface area contributed by atoms with E-state index in [0.717, 1.165) is 16.8 Å². The highest BCUT2D eigenvalue weighted by Crippen LogP contribution is 2.43. The van der Waals surface area contributed by atoms with Gasteiger partial charge in [0.1, 0.15) is 0 Å². The van der Waals surface area contributed by atoms with Crippen molar-refractivity contribution in [3.63, 3.8) is 0 Å². The fourth-order valence-electron chi connectivity index (χ4n) is 3.05. The van der Waals surface area contributed by atoms with Gasteiger partial charge in [-0.15, -0.1) is 0 Å². The van der Waals surface area contributed by atoms with Crippen LogP contribution in [0.1, 0.15) is 29.9 Å². The molecule has 1 aliphatic rings. The molecule has 1 N–H and O–H groups in total. The second-order valence-corrected chi connectivity index (χ2v) is 6.09. The zero-order valence-electron chi connectivity index (χ0n) is 12.3. The molecule has 1 aliphatic carbocycles. The number of aromatic nitrogens is 2. The molecule has 0 aliphatic heterocycles. The van der Waals surface area contributed by atoms with Gasteiger partial charge in [0.25, 0.3) is 5.56 Å². The van der Waals surface area contributed by atoms with Crippen molar-refractivity contribution in [2.45, 2.75) is 25.7 Å². The Labute approximate surface area is 123 Å². The largest absolute Gasteiger partial charge is 0.351 e. The standard InChI is InChI=1S/C18H18N2O/c1-11-9-15(12-3-4-12)17(19-18(11)21)14-5-6-16-13(10-14)7-8-20(16)2/h5-10,12H,3-4H2,1-2H3,(H,19,21). The Morgan fingerprint density at radius 1 is 1.19 bits per heavy atom. The van der Waals surface area contributed by atoms with Gasteiger partial charge in [-0.3, -0.25) is 4.79 Å². The van der Waals surface area contributed by atoms with Crippen molar-refractivity contribution in [2.24, 2.45) is 7.05 Å². The molecule has 1 aromatic carbocycles. The summed E-state index contributed by atoms with van der Waals surface area (Å²) in [6.07, 6.45) is 4.52. The molecule has 4 rings (SSSR count). The average Bonchev–Trinajstić information content (AvgIpc) is 3.26. The lowest BCUT2D eigenvalue weighted by molar-refractivity contribution is 0.969. The fourth-order valence-corrected chi connectivity index (χ4v) is 3.05. The van der Waals surface area contributed by atoms with E-state index in [1.807, 2.05) is 14.0 Å². The minimum atomic E-state index is 0.0163. The number of nitrogens with one attached hydrogen (secondary N) is 1. The third-order valence-corrected chi connectivity index (χ3v) is 4.45. The monoisotopic (exact) mass is 278 g/mol. The Bertz CT molecular complexity index is 897. The molecule has 106 valence electrons. The number of H-pyrrole nitrogens is 1. The minimum Gasteiger partial charge on any atom is -0.351 e. The highest BCUT2D eigenvalue weighted by Gasteiger charge is 2.27. The second-order valence-electron chi connectivity index (χ2n) is 6.09. The quantitative estimate of drug-likeness (QED) is 0.762. The van der Waals surface area contributed by atoms with E-state index in [0.29, 0.717) is 5.92 Å². The molecule has 0 atom stereocenters. The van der Waals surface area contributed by atoms with Gasteiger partial charge in [0.15, 0.2) is 0 Å². The lowest BCUT2D eigenvalue weighted by Crippen LogP contribution is -2.12. The van der Waals surface area contributed by atoms with Gasteiger partial charge in [0, 0.05) is 29.7 Å². The van der Waals surface area contributed by atoms with Crippen molar-refractivity contribution < 1.29 is 0 Å². The van der Waals surface area contributed by atoms with Crippen LogP contribution in [0.3, 0.4) is 0 Å². The van der Waals surface area contributed by atoms with Crippen LogP contribution in [0.15, 0.2) is 41.3 Å². The van der Waals surface area contributed by atoms with E-state index in [2.05, 4.69) is 46.1 Å². The number of aryl methyl sites for hydroxylation is 2. The fraction of sp³-hybridized carbons (Fsp3) is 0.278. The molecule has 3 nitrogen and oxygen atoms in total. The summed E-state index contributed by atoms with van der Waals surface area (Å²) in [4.78, 5) is 15.1. The van der Waals surface area contributed by atoms with Crippen molar-refractivity contribution >= 4 is 10.9 Å². The summed E-state index contributed by atoms with van der Waals surface area (Å²) in [5.74, 6) is 0.613. The van der Waals surface area contributed by atoms with Crippen molar-refractivity contribution in [2.75, 3.05) is 0 Å². The second kappa shape index (κ2) is 4.35. The molecule has 0 spiro atoms. The maximum atomic E-state index is 12.0. The first-order valence-corrected chi connectivity index (χ1v) is 7.43. The van der Waals surface area contributed by atoms with Crippen LogP contribution in [0.25, 0.3) is 22.2 Å². The van der Waals surface area contributed by atoms with Gasteiger partial charge in [-0.1, -0.05) is 6.07 Å². The van der Waals surface area contributed by atoms with Crippen LogP contribution in [-0.2, 0) is 7.05 Å². The molecular formula is C18H18N2O. The van der Waals surface area contributed by atoms with Crippen LogP contribution in [0, 0.1) is 6.92 Å². The van der Waals surface area contributed by atoms with E-state index >= 15 is 0 Å². The van der Waals surface area contributed by atoms with E-state index in [9.17, 15) is 4.79 Å². The zero-order valence-corrected chi connectivity index (χ0v) is 12.3. The van der Waals surface area contributed by atoms with Crippen LogP contribution >= 0.6 is 0 Å². The number of rotatable bonds is 2. The predicted molar refractivity (Wildman–Crippen MR) is 85.7 cm³/mol. The number of benzene rings is 1. The number of hydrogen-bond acceptors (Lipinski definition) is 1. The number of aromatic amines is 1. The Morgan fingerprint density at radius 3 is 2.76 bits per heavy atom. The smallest absolute Gasteiger partial charge is 0.251 e. The summed E-state index contributed by atoms with van der Waals surface area (Å²) in [7, 11) is 2.05. The van der Waals surface area contributed by atoms with Crippen LogP contribution in [-0.4, -0.2) is 9.55 Å². The summed E-state index contributed by atoms with van der Waals surface area (Å²) < 4.78 is 2.11.